The van der Waals surface area contributed by atoms with E-state index in [0.29, 0.717) is 11.4 Å². The zero-order valence-electron chi connectivity index (χ0n) is 13.5. The highest BCUT2D eigenvalue weighted by atomic mass is 127. The Morgan fingerprint density at radius 2 is 1.56 bits per heavy atom. The van der Waals surface area contributed by atoms with Gasteiger partial charge in [0.1, 0.15) is 0 Å². The average molecular weight is 462 g/mol. The molecule has 0 aliphatic heterocycles. The van der Waals surface area contributed by atoms with E-state index in [1.807, 2.05) is 78.9 Å². The molecule has 3 rings (SSSR count). The molecule has 3 aromatic rings. The Labute approximate surface area is 166 Å². The smallest absolute Gasteiger partial charge is 0.165 e. The zero-order valence-corrected chi connectivity index (χ0v) is 16.4. The topological polar surface area (TPSA) is 29.1 Å². The first-order valence-corrected chi connectivity index (χ1v) is 9.43. The van der Waals surface area contributed by atoms with E-state index in [9.17, 15) is 4.79 Å². The van der Waals surface area contributed by atoms with Crippen molar-refractivity contribution in [2.45, 2.75) is 12.5 Å². The molecule has 0 amide bonds. The van der Waals surface area contributed by atoms with E-state index in [-0.39, 0.29) is 11.8 Å². The second-order valence-electron chi connectivity index (χ2n) is 5.75. The number of nitrogens with one attached hydrogen (secondary N) is 1. The van der Waals surface area contributed by atoms with Gasteiger partial charge in [-0.25, -0.2) is 0 Å². The standard InChI is InChI=1S/C21H17ClINO/c22-17-8-6-15(7-9-17)20(24-19-12-10-18(23)11-13-19)14-21(25)16-4-2-1-3-5-16/h1-13,20,24H,14H2. The number of ketones is 1. The molecule has 0 fully saturated rings. The summed E-state index contributed by atoms with van der Waals surface area (Å²) in [6.07, 6.45) is 0.373. The van der Waals surface area contributed by atoms with E-state index in [4.69, 9.17) is 11.6 Å². The lowest BCUT2D eigenvalue weighted by Crippen LogP contribution is -2.15. The van der Waals surface area contributed by atoms with Gasteiger partial charge in [0.05, 0.1) is 6.04 Å². The van der Waals surface area contributed by atoms with Crippen molar-refractivity contribution in [3.05, 3.63) is 98.6 Å². The number of hydrogen-bond acceptors (Lipinski definition) is 2. The fourth-order valence-electron chi connectivity index (χ4n) is 2.62. The molecule has 0 radical (unpaired) electrons. The van der Waals surface area contributed by atoms with Crippen LogP contribution < -0.4 is 5.32 Å². The summed E-state index contributed by atoms with van der Waals surface area (Å²) in [6, 6.07) is 25.0. The maximum absolute atomic E-state index is 12.7. The maximum atomic E-state index is 12.7. The number of benzene rings is 3. The minimum absolute atomic E-state index is 0.110. The second kappa shape index (κ2) is 8.50. The van der Waals surface area contributed by atoms with Crippen LogP contribution in [-0.2, 0) is 0 Å². The lowest BCUT2D eigenvalue weighted by molar-refractivity contribution is 0.0976. The zero-order chi connectivity index (χ0) is 17.6. The van der Waals surface area contributed by atoms with Crippen molar-refractivity contribution >= 4 is 45.7 Å². The van der Waals surface area contributed by atoms with Gasteiger partial charge in [-0.15, -0.1) is 0 Å². The summed E-state index contributed by atoms with van der Waals surface area (Å²) in [6.45, 7) is 0. The fourth-order valence-corrected chi connectivity index (χ4v) is 3.11. The van der Waals surface area contributed by atoms with Gasteiger partial charge in [-0.3, -0.25) is 4.79 Å². The van der Waals surface area contributed by atoms with Gasteiger partial charge in [-0.1, -0.05) is 54.1 Å². The third kappa shape index (κ3) is 5.06. The summed E-state index contributed by atoms with van der Waals surface area (Å²) in [5.41, 5.74) is 2.75. The highest BCUT2D eigenvalue weighted by Crippen LogP contribution is 2.26. The molecular formula is C21H17ClINO. The lowest BCUT2D eigenvalue weighted by Gasteiger charge is -2.20. The van der Waals surface area contributed by atoms with E-state index >= 15 is 0 Å². The molecule has 1 atom stereocenters. The third-order valence-corrected chi connectivity index (χ3v) is 4.91. The Balaban J connectivity index is 1.84. The van der Waals surface area contributed by atoms with E-state index in [1.165, 1.54) is 3.57 Å². The Bertz CT molecular complexity index is 832. The van der Waals surface area contributed by atoms with Gasteiger partial charge >= 0.3 is 0 Å². The number of hydrogen-bond donors (Lipinski definition) is 1. The SMILES string of the molecule is O=C(CC(Nc1ccc(I)cc1)c1ccc(Cl)cc1)c1ccccc1. The molecule has 4 heteroatoms. The van der Waals surface area contributed by atoms with Crippen molar-refractivity contribution in [1.82, 2.24) is 0 Å². The van der Waals surface area contributed by atoms with Gasteiger partial charge in [0.2, 0.25) is 0 Å². The first kappa shape index (κ1) is 18.0. The largest absolute Gasteiger partial charge is 0.378 e. The van der Waals surface area contributed by atoms with Crippen molar-refractivity contribution in [3.8, 4) is 0 Å². The molecule has 0 aromatic heterocycles. The molecule has 3 aromatic carbocycles. The molecule has 2 nitrogen and oxygen atoms in total. The van der Waals surface area contributed by atoms with Gasteiger partial charge in [0, 0.05) is 26.3 Å². The Kier molecular flexibility index (Phi) is 6.10. The normalized spacial score (nSPS) is 11.8. The van der Waals surface area contributed by atoms with Crippen LogP contribution in [0.25, 0.3) is 0 Å². The van der Waals surface area contributed by atoms with E-state index < -0.39 is 0 Å². The van der Waals surface area contributed by atoms with Crippen molar-refractivity contribution in [2.24, 2.45) is 0 Å². The summed E-state index contributed by atoms with van der Waals surface area (Å²) in [7, 11) is 0. The Morgan fingerprint density at radius 1 is 0.920 bits per heavy atom. The fraction of sp³-hybridized carbons (Fsp3) is 0.0952. The van der Waals surface area contributed by atoms with Crippen LogP contribution >= 0.6 is 34.2 Å². The predicted molar refractivity (Wildman–Crippen MR) is 112 cm³/mol. The van der Waals surface area contributed by atoms with Crippen LogP contribution in [0.15, 0.2) is 78.9 Å². The summed E-state index contributed by atoms with van der Waals surface area (Å²) in [5.74, 6) is 0.110. The first-order chi connectivity index (χ1) is 12.1. The molecule has 25 heavy (non-hydrogen) atoms. The molecular weight excluding hydrogens is 445 g/mol. The van der Waals surface area contributed by atoms with Crippen LogP contribution in [0.1, 0.15) is 28.4 Å². The summed E-state index contributed by atoms with van der Waals surface area (Å²) < 4.78 is 1.17. The van der Waals surface area contributed by atoms with Crippen molar-refractivity contribution in [3.63, 3.8) is 0 Å². The maximum Gasteiger partial charge on any atom is 0.165 e. The van der Waals surface area contributed by atoms with Crippen molar-refractivity contribution in [1.29, 1.82) is 0 Å². The van der Waals surface area contributed by atoms with Crippen LogP contribution in [0.5, 0.6) is 0 Å². The van der Waals surface area contributed by atoms with Crippen molar-refractivity contribution in [2.75, 3.05) is 5.32 Å². The van der Waals surface area contributed by atoms with Crippen molar-refractivity contribution < 1.29 is 4.79 Å². The molecule has 0 aliphatic carbocycles. The van der Waals surface area contributed by atoms with Gasteiger partial charge in [-0.05, 0) is 64.6 Å². The monoisotopic (exact) mass is 461 g/mol. The lowest BCUT2D eigenvalue weighted by atomic mass is 9.97. The highest BCUT2D eigenvalue weighted by molar-refractivity contribution is 14.1. The van der Waals surface area contributed by atoms with Crippen LogP contribution in [0, 0.1) is 3.57 Å². The Hall–Kier alpha value is -1.85. The summed E-state index contributed by atoms with van der Waals surface area (Å²) in [5, 5.41) is 4.16. The highest BCUT2D eigenvalue weighted by Gasteiger charge is 2.17. The molecule has 0 bridgehead atoms. The van der Waals surface area contributed by atoms with Gasteiger partial charge < -0.3 is 5.32 Å². The van der Waals surface area contributed by atoms with Crippen LogP contribution in [-0.4, -0.2) is 5.78 Å². The van der Waals surface area contributed by atoms with Gasteiger partial charge in [0.15, 0.2) is 5.78 Å². The number of rotatable bonds is 6. The minimum atomic E-state index is -0.120. The molecule has 1 unspecified atom stereocenters. The summed E-state index contributed by atoms with van der Waals surface area (Å²) in [4.78, 5) is 12.7. The van der Waals surface area contributed by atoms with Crippen LogP contribution in [0.3, 0.4) is 0 Å². The predicted octanol–water partition coefficient (Wildman–Crippen LogP) is 6.37. The van der Waals surface area contributed by atoms with Crippen LogP contribution in [0.2, 0.25) is 5.02 Å². The Morgan fingerprint density at radius 3 is 2.20 bits per heavy atom. The molecule has 0 heterocycles. The first-order valence-electron chi connectivity index (χ1n) is 7.97. The quantitative estimate of drug-likeness (QED) is 0.341. The number of carbonyl (C=O) groups excluding carboxylic acids is 1. The number of halogens is 2. The van der Waals surface area contributed by atoms with E-state index in [0.717, 1.165) is 16.8 Å². The molecule has 0 saturated heterocycles. The van der Waals surface area contributed by atoms with E-state index in [1.54, 1.807) is 0 Å². The third-order valence-electron chi connectivity index (χ3n) is 3.94. The number of anilines is 1. The number of carbonyl (C=O) groups is 1. The minimum Gasteiger partial charge on any atom is -0.378 e. The van der Waals surface area contributed by atoms with Gasteiger partial charge in [-0.2, -0.15) is 0 Å². The molecule has 0 saturated carbocycles. The molecule has 0 aliphatic rings. The number of Topliss-reactive ketones (excluding diaryl/α,β-unsaturated/α-hetero) is 1. The second-order valence-corrected chi connectivity index (χ2v) is 7.43. The average Bonchev–Trinajstić information content (AvgIpc) is 2.64. The molecule has 126 valence electrons. The summed E-state index contributed by atoms with van der Waals surface area (Å²) >= 11 is 8.28. The van der Waals surface area contributed by atoms with Crippen LogP contribution in [0.4, 0.5) is 5.69 Å². The molecule has 1 N–H and O–H groups in total. The molecule has 0 spiro atoms. The van der Waals surface area contributed by atoms with E-state index in [2.05, 4.69) is 27.9 Å². The van der Waals surface area contributed by atoms with Gasteiger partial charge in [0.25, 0.3) is 0 Å².